The van der Waals surface area contributed by atoms with E-state index in [-0.39, 0.29) is 11.4 Å². The molecule has 2 rings (SSSR count). The highest BCUT2D eigenvalue weighted by molar-refractivity contribution is 5.85. The summed E-state index contributed by atoms with van der Waals surface area (Å²) in [4.78, 5) is 14.0. The van der Waals surface area contributed by atoms with Crippen LogP contribution in [-0.4, -0.2) is 12.0 Å². The predicted octanol–water partition coefficient (Wildman–Crippen LogP) is 2.09. The lowest BCUT2D eigenvalue weighted by Gasteiger charge is -2.13. The molecule has 0 aliphatic rings. The van der Waals surface area contributed by atoms with E-state index in [2.05, 4.69) is 10.3 Å². The molecule has 2 N–H and O–H groups in total. The molecule has 1 heterocycles. The van der Waals surface area contributed by atoms with Gasteiger partial charge in [0.05, 0.1) is 5.39 Å². The molecule has 0 amide bonds. The summed E-state index contributed by atoms with van der Waals surface area (Å²) in [7, 11) is 1.75. The van der Waals surface area contributed by atoms with Gasteiger partial charge in [0.25, 0.3) is 5.56 Å². The molecule has 1 aromatic heterocycles. The van der Waals surface area contributed by atoms with Crippen molar-refractivity contribution in [2.75, 3.05) is 7.05 Å². The fraction of sp³-hybridized carbons (Fsp3) is 0.250. The molecule has 0 fully saturated rings. The maximum absolute atomic E-state index is 13.6. The van der Waals surface area contributed by atoms with Crippen LogP contribution in [0.5, 0.6) is 0 Å². The van der Waals surface area contributed by atoms with Gasteiger partial charge < -0.3 is 10.3 Å². The van der Waals surface area contributed by atoms with E-state index in [1.807, 2.05) is 6.92 Å². The summed E-state index contributed by atoms with van der Waals surface area (Å²) < 4.78 is 26.7. The van der Waals surface area contributed by atoms with Gasteiger partial charge in [-0.05, 0) is 31.0 Å². The largest absolute Gasteiger partial charge is 0.328 e. The van der Waals surface area contributed by atoms with Crippen molar-refractivity contribution < 1.29 is 8.78 Å². The van der Waals surface area contributed by atoms with E-state index in [1.54, 1.807) is 7.05 Å². The summed E-state index contributed by atoms with van der Waals surface area (Å²) in [6, 6.07) is 2.38. The number of hydrogen-bond acceptors (Lipinski definition) is 2. The normalized spacial score (nSPS) is 12.9. The molecular weight excluding hydrogens is 226 g/mol. The molecular formula is C12H12F2N2O. The molecule has 2 aromatic rings. The molecule has 1 aromatic carbocycles. The van der Waals surface area contributed by atoms with Crippen molar-refractivity contribution in [3.8, 4) is 0 Å². The zero-order valence-electron chi connectivity index (χ0n) is 9.47. The highest BCUT2D eigenvalue weighted by Gasteiger charge is 2.15. The monoisotopic (exact) mass is 238 g/mol. The van der Waals surface area contributed by atoms with Gasteiger partial charge in [-0.2, -0.15) is 0 Å². The number of H-pyrrole nitrogens is 1. The van der Waals surface area contributed by atoms with Gasteiger partial charge in [-0.25, -0.2) is 8.78 Å². The van der Waals surface area contributed by atoms with E-state index >= 15 is 0 Å². The zero-order chi connectivity index (χ0) is 12.6. The number of pyridine rings is 1. The summed E-state index contributed by atoms with van der Waals surface area (Å²) in [5.41, 5.74) is 0.102. The molecule has 0 unspecified atom stereocenters. The number of nitrogens with one attached hydrogen (secondary N) is 2. The van der Waals surface area contributed by atoms with Crippen molar-refractivity contribution >= 4 is 10.8 Å². The molecule has 0 aliphatic heterocycles. The highest BCUT2D eigenvalue weighted by Crippen LogP contribution is 2.23. The van der Waals surface area contributed by atoms with Crippen molar-refractivity contribution in [3.63, 3.8) is 0 Å². The summed E-state index contributed by atoms with van der Waals surface area (Å²) in [6.07, 6.45) is 1.52. The van der Waals surface area contributed by atoms with E-state index in [4.69, 9.17) is 0 Å². The molecule has 0 spiro atoms. The Kier molecular flexibility index (Phi) is 2.93. The first-order chi connectivity index (χ1) is 8.06. The molecule has 5 heteroatoms. The lowest BCUT2D eigenvalue weighted by molar-refractivity contribution is 0.516. The Hall–Kier alpha value is -1.75. The third kappa shape index (κ3) is 1.82. The molecule has 0 bridgehead atoms. The second-order valence-electron chi connectivity index (χ2n) is 3.87. The second-order valence-corrected chi connectivity index (χ2v) is 3.87. The highest BCUT2D eigenvalue weighted by atomic mass is 19.2. The predicted molar refractivity (Wildman–Crippen MR) is 62.0 cm³/mol. The average Bonchev–Trinajstić information content (AvgIpc) is 2.33. The van der Waals surface area contributed by atoms with Crippen LogP contribution in [0.15, 0.2) is 23.1 Å². The SMILES string of the molecule is CN[C@H](C)c1c[nH]c(=O)c2c(F)c(F)ccc12. The molecule has 0 saturated heterocycles. The first-order valence-electron chi connectivity index (χ1n) is 5.22. The lowest BCUT2D eigenvalue weighted by atomic mass is 10.0. The number of hydrogen-bond donors (Lipinski definition) is 2. The number of rotatable bonds is 2. The van der Waals surface area contributed by atoms with Crippen LogP contribution < -0.4 is 10.9 Å². The van der Waals surface area contributed by atoms with E-state index in [1.165, 1.54) is 12.3 Å². The standard InChI is InChI=1S/C12H12F2N2O/c1-6(15-2)8-5-16-12(17)10-7(8)3-4-9(13)11(10)14/h3-6,15H,1-2H3,(H,16,17)/t6-/m1/s1. The van der Waals surface area contributed by atoms with Crippen LogP contribution in [0.4, 0.5) is 8.78 Å². The molecule has 3 nitrogen and oxygen atoms in total. The van der Waals surface area contributed by atoms with Crippen molar-refractivity contribution in [1.82, 2.24) is 10.3 Å². The van der Waals surface area contributed by atoms with Gasteiger partial charge in [0.15, 0.2) is 11.6 Å². The van der Waals surface area contributed by atoms with Crippen molar-refractivity contribution in [2.45, 2.75) is 13.0 Å². The van der Waals surface area contributed by atoms with E-state index in [0.29, 0.717) is 5.39 Å². The van der Waals surface area contributed by atoms with E-state index in [9.17, 15) is 13.6 Å². The van der Waals surface area contributed by atoms with Crippen LogP contribution in [0.1, 0.15) is 18.5 Å². The van der Waals surface area contributed by atoms with Crippen LogP contribution >= 0.6 is 0 Å². The van der Waals surface area contributed by atoms with Crippen molar-refractivity contribution in [3.05, 3.63) is 45.9 Å². The van der Waals surface area contributed by atoms with Gasteiger partial charge in [0, 0.05) is 12.2 Å². The first kappa shape index (κ1) is 11.7. The van der Waals surface area contributed by atoms with Gasteiger partial charge in [-0.15, -0.1) is 0 Å². The molecule has 0 aliphatic carbocycles. The Balaban J connectivity index is 2.88. The number of benzene rings is 1. The van der Waals surface area contributed by atoms with E-state index < -0.39 is 17.2 Å². The minimum absolute atomic E-state index is 0.0702. The Bertz CT molecular complexity index is 622. The van der Waals surface area contributed by atoms with Gasteiger partial charge in [0.2, 0.25) is 0 Å². The minimum Gasteiger partial charge on any atom is -0.328 e. The smallest absolute Gasteiger partial charge is 0.258 e. The maximum Gasteiger partial charge on any atom is 0.258 e. The molecule has 17 heavy (non-hydrogen) atoms. The zero-order valence-corrected chi connectivity index (χ0v) is 9.47. The molecule has 90 valence electrons. The number of aromatic amines is 1. The summed E-state index contributed by atoms with van der Waals surface area (Å²) in [5.74, 6) is -2.12. The number of fused-ring (bicyclic) bond motifs is 1. The quantitative estimate of drug-likeness (QED) is 0.841. The van der Waals surface area contributed by atoms with E-state index in [0.717, 1.165) is 11.6 Å². The fourth-order valence-electron chi connectivity index (χ4n) is 1.82. The third-order valence-electron chi connectivity index (χ3n) is 2.89. The summed E-state index contributed by atoms with van der Waals surface area (Å²) in [6.45, 7) is 1.87. The average molecular weight is 238 g/mol. The summed E-state index contributed by atoms with van der Waals surface area (Å²) in [5, 5.41) is 3.18. The van der Waals surface area contributed by atoms with Gasteiger partial charge in [-0.1, -0.05) is 6.07 Å². The summed E-state index contributed by atoms with van der Waals surface area (Å²) >= 11 is 0. The van der Waals surface area contributed by atoms with Crippen LogP contribution in [0, 0.1) is 11.6 Å². The first-order valence-corrected chi connectivity index (χ1v) is 5.22. The van der Waals surface area contributed by atoms with Crippen LogP contribution in [0.3, 0.4) is 0 Å². The second kappa shape index (κ2) is 4.25. The number of aromatic nitrogens is 1. The van der Waals surface area contributed by atoms with Gasteiger partial charge in [-0.3, -0.25) is 4.79 Å². The fourth-order valence-corrected chi connectivity index (χ4v) is 1.82. The Labute approximate surface area is 96.5 Å². The Morgan fingerprint density at radius 1 is 1.35 bits per heavy atom. The molecule has 0 saturated carbocycles. The topological polar surface area (TPSA) is 44.9 Å². The van der Waals surface area contributed by atoms with Crippen LogP contribution in [0.25, 0.3) is 10.8 Å². The third-order valence-corrected chi connectivity index (χ3v) is 2.89. The lowest BCUT2D eigenvalue weighted by Crippen LogP contribution is -2.17. The maximum atomic E-state index is 13.6. The van der Waals surface area contributed by atoms with Crippen LogP contribution in [0.2, 0.25) is 0 Å². The van der Waals surface area contributed by atoms with Crippen LogP contribution in [-0.2, 0) is 0 Å². The molecule has 1 atom stereocenters. The van der Waals surface area contributed by atoms with Crippen molar-refractivity contribution in [2.24, 2.45) is 0 Å². The Morgan fingerprint density at radius 2 is 2.06 bits per heavy atom. The van der Waals surface area contributed by atoms with Gasteiger partial charge >= 0.3 is 0 Å². The van der Waals surface area contributed by atoms with Crippen molar-refractivity contribution in [1.29, 1.82) is 0 Å². The number of halogens is 2. The molecule has 0 radical (unpaired) electrons. The Morgan fingerprint density at radius 3 is 2.71 bits per heavy atom. The van der Waals surface area contributed by atoms with Gasteiger partial charge in [0.1, 0.15) is 0 Å². The minimum atomic E-state index is -1.10.